The minimum atomic E-state index is 0.182. The molecule has 4 nitrogen and oxygen atoms in total. The Labute approximate surface area is 102 Å². The van der Waals surface area contributed by atoms with Gasteiger partial charge in [0.25, 0.3) is 0 Å². The van der Waals surface area contributed by atoms with Crippen molar-refractivity contribution in [2.45, 2.75) is 31.7 Å². The molecule has 1 heterocycles. The third-order valence-electron chi connectivity index (χ3n) is 3.37. The zero-order valence-electron chi connectivity index (χ0n) is 10.3. The maximum Gasteiger partial charge on any atom is 0.214 e. The summed E-state index contributed by atoms with van der Waals surface area (Å²) in [6.45, 7) is 0.860. The van der Waals surface area contributed by atoms with Crippen LogP contribution >= 0.6 is 0 Å². The predicted molar refractivity (Wildman–Crippen MR) is 67.5 cm³/mol. The normalized spacial score (nSPS) is 16.1. The van der Waals surface area contributed by atoms with Gasteiger partial charge in [0, 0.05) is 30.5 Å². The largest absolute Gasteiger partial charge is 0.481 e. The summed E-state index contributed by atoms with van der Waals surface area (Å²) >= 11 is 0. The SMILES string of the molecule is COc1cc(N(CCO)C2CCCC2)ccn1. The summed E-state index contributed by atoms with van der Waals surface area (Å²) in [5, 5.41) is 9.20. The average Bonchev–Trinajstić information content (AvgIpc) is 2.89. The molecular formula is C13H20N2O2. The molecule has 0 aliphatic heterocycles. The standard InChI is InChI=1S/C13H20N2O2/c1-17-13-10-12(6-7-14-13)15(8-9-16)11-4-2-3-5-11/h6-7,10-11,16H,2-5,8-9H2,1H3. The van der Waals surface area contributed by atoms with Crippen LogP contribution in [0.4, 0.5) is 5.69 Å². The molecule has 1 aliphatic rings. The number of methoxy groups -OCH3 is 1. The van der Waals surface area contributed by atoms with E-state index in [9.17, 15) is 5.11 Å². The quantitative estimate of drug-likeness (QED) is 0.847. The second-order valence-electron chi connectivity index (χ2n) is 4.41. The number of hydrogen-bond acceptors (Lipinski definition) is 4. The number of aliphatic hydroxyl groups excluding tert-OH is 1. The van der Waals surface area contributed by atoms with Gasteiger partial charge in [0.15, 0.2) is 0 Å². The molecular weight excluding hydrogens is 216 g/mol. The van der Waals surface area contributed by atoms with Gasteiger partial charge in [0.1, 0.15) is 0 Å². The molecule has 1 saturated carbocycles. The van der Waals surface area contributed by atoms with Crippen molar-refractivity contribution < 1.29 is 9.84 Å². The van der Waals surface area contributed by atoms with Crippen LogP contribution in [-0.2, 0) is 0 Å². The molecule has 0 spiro atoms. The van der Waals surface area contributed by atoms with E-state index in [1.807, 2.05) is 12.1 Å². The van der Waals surface area contributed by atoms with Gasteiger partial charge >= 0.3 is 0 Å². The predicted octanol–water partition coefficient (Wildman–Crippen LogP) is 1.83. The van der Waals surface area contributed by atoms with Crippen LogP contribution in [0.25, 0.3) is 0 Å². The molecule has 2 rings (SSSR count). The fourth-order valence-electron chi connectivity index (χ4n) is 2.54. The Hall–Kier alpha value is -1.29. The first kappa shape index (κ1) is 12.2. The van der Waals surface area contributed by atoms with Gasteiger partial charge in [-0.2, -0.15) is 0 Å². The number of pyridine rings is 1. The van der Waals surface area contributed by atoms with Crippen LogP contribution < -0.4 is 9.64 Å². The summed E-state index contributed by atoms with van der Waals surface area (Å²) in [5.74, 6) is 0.628. The van der Waals surface area contributed by atoms with Crippen molar-refractivity contribution in [2.24, 2.45) is 0 Å². The Kier molecular flexibility index (Phi) is 4.20. The highest BCUT2D eigenvalue weighted by Crippen LogP contribution is 2.29. The van der Waals surface area contributed by atoms with Gasteiger partial charge in [0.2, 0.25) is 5.88 Å². The molecule has 0 unspecified atom stereocenters. The topological polar surface area (TPSA) is 45.6 Å². The monoisotopic (exact) mass is 236 g/mol. The van der Waals surface area contributed by atoms with E-state index in [1.54, 1.807) is 13.3 Å². The summed E-state index contributed by atoms with van der Waals surface area (Å²) in [5.41, 5.74) is 1.10. The van der Waals surface area contributed by atoms with Crippen LogP contribution in [0.5, 0.6) is 5.88 Å². The van der Waals surface area contributed by atoms with Crippen LogP contribution in [0, 0.1) is 0 Å². The molecule has 1 N–H and O–H groups in total. The molecule has 0 radical (unpaired) electrons. The molecule has 0 bridgehead atoms. The van der Waals surface area contributed by atoms with Gasteiger partial charge < -0.3 is 14.7 Å². The lowest BCUT2D eigenvalue weighted by molar-refractivity contribution is 0.297. The van der Waals surface area contributed by atoms with E-state index in [1.165, 1.54) is 25.7 Å². The first-order valence-corrected chi connectivity index (χ1v) is 6.22. The van der Waals surface area contributed by atoms with E-state index >= 15 is 0 Å². The molecule has 1 fully saturated rings. The number of hydrogen-bond donors (Lipinski definition) is 1. The van der Waals surface area contributed by atoms with Crippen molar-refractivity contribution >= 4 is 5.69 Å². The van der Waals surface area contributed by atoms with Gasteiger partial charge in [-0.05, 0) is 18.9 Å². The lowest BCUT2D eigenvalue weighted by atomic mass is 10.2. The third kappa shape index (κ3) is 2.88. The highest BCUT2D eigenvalue weighted by Gasteiger charge is 2.22. The summed E-state index contributed by atoms with van der Waals surface area (Å²) in [4.78, 5) is 6.39. The highest BCUT2D eigenvalue weighted by atomic mass is 16.5. The summed E-state index contributed by atoms with van der Waals surface area (Å²) in [6.07, 6.45) is 6.76. The van der Waals surface area contributed by atoms with Crippen molar-refractivity contribution in [1.82, 2.24) is 4.98 Å². The van der Waals surface area contributed by atoms with Gasteiger partial charge in [-0.25, -0.2) is 4.98 Å². The van der Waals surface area contributed by atoms with E-state index < -0.39 is 0 Å². The van der Waals surface area contributed by atoms with Crippen LogP contribution in [0.1, 0.15) is 25.7 Å². The Morgan fingerprint density at radius 3 is 2.88 bits per heavy atom. The molecule has 0 aromatic carbocycles. The molecule has 0 saturated heterocycles. The van der Waals surface area contributed by atoms with Crippen LogP contribution in [0.15, 0.2) is 18.3 Å². The van der Waals surface area contributed by atoms with Crippen molar-refractivity contribution in [3.05, 3.63) is 18.3 Å². The van der Waals surface area contributed by atoms with Crippen molar-refractivity contribution in [3.8, 4) is 5.88 Å². The van der Waals surface area contributed by atoms with Crippen molar-refractivity contribution in [1.29, 1.82) is 0 Å². The molecule has 94 valence electrons. The number of nitrogens with zero attached hydrogens (tertiary/aromatic N) is 2. The maximum atomic E-state index is 9.20. The Morgan fingerprint density at radius 1 is 1.47 bits per heavy atom. The molecule has 1 aromatic rings. The fraction of sp³-hybridized carbons (Fsp3) is 0.615. The Balaban J connectivity index is 2.18. The molecule has 4 heteroatoms. The maximum absolute atomic E-state index is 9.20. The lowest BCUT2D eigenvalue weighted by Gasteiger charge is -2.30. The number of aromatic nitrogens is 1. The van der Waals surface area contributed by atoms with Crippen LogP contribution in [-0.4, -0.2) is 36.4 Å². The summed E-state index contributed by atoms with van der Waals surface area (Å²) in [7, 11) is 1.62. The van der Waals surface area contributed by atoms with Gasteiger partial charge in [-0.3, -0.25) is 0 Å². The van der Waals surface area contributed by atoms with E-state index in [0.717, 1.165) is 5.69 Å². The number of anilines is 1. The van der Waals surface area contributed by atoms with Crippen LogP contribution in [0.3, 0.4) is 0 Å². The number of rotatable bonds is 5. The second-order valence-corrected chi connectivity index (χ2v) is 4.41. The smallest absolute Gasteiger partial charge is 0.214 e. The van der Waals surface area contributed by atoms with Crippen molar-refractivity contribution in [2.75, 3.05) is 25.2 Å². The molecule has 0 amide bonds. The van der Waals surface area contributed by atoms with Crippen molar-refractivity contribution in [3.63, 3.8) is 0 Å². The van der Waals surface area contributed by atoms with E-state index in [-0.39, 0.29) is 6.61 Å². The van der Waals surface area contributed by atoms with Crippen LogP contribution in [0.2, 0.25) is 0 Å². The molecule has 0 atom stereocenters. The summed E-state index contributed by atoms with van der Waals surface area (Å²) in [6, 6.07) is 4.47. The average molecular weight is 236 g/mol. The third-order valence-corrected chi connectivity index (χ3v) is 3.37. The van der Waals surface area contributed by atoms with Gasteiger partial charge in [-0.1, -0.05) is 12.8 Å². The molecule has 1 aromatic heterocycles. The number of ether oxygens (including phenoxy) is 1. The first-order valence-electron chi connectivity index (χ1n) is 6.22. The van der Waals surface area contributed by atoms with Gasteiger partial charge in [0.05, 0.1) is 13.7 Å². The number of aliphatic hydroxyl groups is 1. The lowest BCUT2D eigenvalue weighted by Crippen LogP contribution is -2.35. The Morgan fingerprint density at radius 2 is 2.24 bits per heavy atom. The van der Waals surface area contributed by atoms with E-state index in [0.29, 0.717) is 18.5 Å². The molecule has 1 aliphatic carbocycles. The first-order chi connectivity index (χ1) is 8.35. The van der Waals surface area contributed by atoms with E-state index in [4.69, 9.17) is 4.74 Å². The van der Waals surface area contributed by atoms with E-state index in [2.05, 4.69) is 9.88 Å². The second kappa shape index (κ2) is 5.87. The summed E-state index contributed by atoms with van der Waals surface area (Å²) < 4.78 is 5.15. The zero-order chi connectivity index (χ0) is 12.1. The fourth-order valence-corrected chi connectivity index (χ4v) is 2.54. The van der Waals surface area contributed by atoms with Gasteiger partial charge in [-0.15, -0.1) is 0 Å². The highest BCUT2D eigenvalue weighted by molar-refractivity contribution is 5.49. The minimum Gasteiger partial charge on any atom is -0.481 e. The molecule has 17 heavy (non-hydrogen) atoms. The zero-order valence-corrected chi connectivity index (χ0v) is 10.3. The Bertz CT molecular complexity index is 351. The minimum absolute atomic E-state index is 0.182.